The van der Waals surface area contributed by atoms with Crippen molar-refractivity contribution >= 4 is 41.5 Å². The van der Waals surface area contributed by atoms with Crippen LogP contribution in [0.4, 0.5) is 0 Å². The highest BCUT2D eigenvalue weighted by Gasteiger charge is 2.23. The number of aliphatic imine (C=N–C) groups is 1. The second kappa shape index (κ2) is 13.6. The maximum absolute atomic E-state index is 6.26. The Morgan fingerprint density at radius 3 is 2.62 bits per heavy atom. The van der Waals surface area contributed by atoms with Crippen LogP contribution in [-0.2, 0) is 4.74 Å². The molecule has 1 aromatic rings. The molecule has 2 aliphatic heterocycles. The van der Waals surface area contributed by atoms with Gasteiger partial charge >= 0.3 is 0 Å². The average Bonchev–Trinajstić information content (AvgIpc) is 3.23. The summed E-state index contributed by atoms with van der Waals surface area (Å²) in [6, 6.07) is 8.50. The number of ether oxygens (including phenoxy) is 1. The molecule has 29 heavy (non-hydrogen) atoms. The van der Waals surface area contributed by atoms with E-state index >= 15 is 0 Å². The second-order valence-corrected chi connectivity index (χ2v) is 7.85. The molecule has 0 amide bonds. The molecule has 2 aliphatic rings. The van der Waals surface area contributed by atoms with Crippen LogP contribution in [0.5, 0.6) is 0 Å². The van der Waals surface area contributed by atoms with E-state index < -0.39 is 0 Å². The van der Waals surface area contributed by atoms with E-state index in [1.165, 1.54) is 18.4 Å². The van der Waals surface area contributed by atoms with Crippen LogP contribution in [0.1, 0.15) is 31.4 Å². The number of benzene rings is 1. The Morgan fingerprint density at radius 2 is 1.93 bits per heavy atom. The van der Waals surface area contributed by atoms with Gasteiger partial charge in [0.25, 0.3) is 0 Å². The Labute approximate surface area is 197 Å². The number of nitrogens with zero attached hydrogens (tertiary/aromatic N) is 3. The average molecular weight is 536 g/mol. The van der Waals surface area contributed by atoms with Crippen LogP contribution in [0.3, 0.4) is 0 Å². The molecule has 1 atom stereocenters. The number of nitrogens with one attached hydrogen (secondary N) is 2. The van der Waals surface area contributed by atoms with Crippen LogP contribution in [0.15, 0.2) is 29.3 Å². The molecular formula is C21H35ClIN5O. The number of hydrogen-bond acceptors (Lipinski definition) is 4. The van der Waals surface area contributed by atoms with Gasteiger partial charge in [-0.25, -0.2) is 0 Å². The predicted molar refractivity (Wildman–Crippen MR) is 132 cm³/mol. The van der Waals surface area contributed by atoms with Crippen molar-refractivity contribution < 1.29 is 4.74 Å². The Kier molecular flexibility index (Phi) is 11.6. The van der Waals surface area contributed by atoms with E-state index in [0.29, 0.717) is 0 Å². The zero-order valence-corrected chi connectivity index (χ0v) is 20.5. The minimum absolute atomic E-state index is 0. The number of halogens is 2. The first-order chi connectivity index (χ1) is 13.8. The Bertz CT molecular complexity index is 621. The van der Waals surface area contributed by atoms with Crippen molar-refractivity contribution in [2.24, 2.45) is 4.99 Å². The first-order valence-corrected chi connectivity index (χ1v) is 11.0. The van der Waals surface area contributed by atoms with Crippen molar-refractivity contribution in [1.82, 2.24) is 20.4 Å². The summed E-state index contributed by atoms with van der Waals surface area (Å²) in [6.45, 7) is 11.6. The second-order valence-electron chi connectivity index (χ2n) is 7.41. The van der Waals surface area contributed by atoms with E-state index in [1.807, 2.05) is 12.1 Å². The quantitative estimate of drug-likeness (QED) is 0.305. The topological polar surface area (TPSA) is 52.1 Å². The van der Waals surface area contributed by atoms with Gasteiger partial charge in [0.05, 0.1) is 25.8 Å². The van der Waals surface area contributed by atoms with Gasteiger partial charge in [0.2, 0.25) is 0 Å². The van der Waals surface area contributed by atoms with Crippen LogP contribution >= 0.6 is 35.6 Å². The summed E-state index contributed by atoms with van der Waals surface area (Å²) in [6.07, 6.45) is 2.53. The first kappa shape index (κ1) is 24.7. The third-order valence-electron chi connectivity index (χ3n) is 5.41. The largest absolute Gasteiger partial charge is 0.379 e. The van der Waals surface area contributed by atoms with Gasteiger partial charge in [-0.2, -0.15) is 0 Å². The highest BCUT2D eigenvalue weighted by molar-refractivity contribution is 14.0. The van der Waals surface area contributed by atoms with Crippen molar-refractivity contribution in [1.29, 1.82) is 0 Å². The van der Waals surface area contributed by atoms with Crippen LogP contribution in [0, 0.1) is 0 Å². The normalized spacial score (nSPS) is 19.6. The standard InChI is InChI=1S/C21H34ClN5O.HI/c1-2-23-21(24-8-11-26-12-14-28-15-13-26)25-17-20(27-9-3-4-10-27)18-6-5-7-19(22)16-18;/h5-7,16,20H,2-4,8-15,17H2,1H3,(H2,23,24,25);1H. The molecule has 2 saturated heterocycles. The predicted octanol–water partition coefficient (Wildman–Crippen LogP) is 2.98. The highest BCUT2D eigenvalue weighted by atomic mass is 127. The lowest BCUT2D eigenvalue weighted by molar-refractivity contribution is 0.0389. The van der Waals surface area contributed by atoms with E-state index in [-0.39, 0.29) is 30.0 Å². The lowest BCUT2D eigenvalue weighted by Gasteiger charge is -2.28. The molecule has 0 spiro atoms. The molecular weight excluding hydrogens is 501 g/mol. The third-order valence-corrected chi connectivity index (χ3v) is 5.64. The molecule has 0 aromatic heterocycles. The van der Waals surface area contributed by atoms with E-state index in [0.717, 1.165) is 76.6 Å². The Morgan fingerprint density at radius 1 is 1.17 bits per heavy atom. The molecule has 3 rings (SSSR count). The number of rotatable bonds is 8. The third kappa shape index (κ3) is 8.20. The van der Waals surface area contributed by atoms with E-state index in [2.05, 4.69) is 39.5 Å². The van der Waals surface area contributed by atoms with E-state index in [9.17, 15) is 0 Å². The summed E-state index contributed by atoms with van der Waals surface area (Å²) in [7, 11) is 0. The maximum Gasteiger partial charge on any atom is 0.191 e. The molecule has 2 heterocycles. The molecule has 2 fully saturated rings. The van der Waals surface area contributed by atoms with Gasteiger partial charge in [-0.15, -0.1) is 24.0 Å². The van der Waals surface area contributed by atoms with Crippen molar-refractivity contribution in [2.45, 2.75) is 25.8 Å². The Balaban J connectivity index is 0.00000300. The zero-order chi connectivity index (χ0) is 19.6. The summed E-state index contributed by atoms with van der Waals surface area (Å²) < 4.78 is 5.42. The van der Waals surface area contributed by atoms with E-state index in [4.69, 9.17) is 21.3 Å². The van der Waals surface area contributed by atoms with E-state index in [1.54, 1.807) is 0 Å². The van der Waals surface area contributed by atoms with Crippen LogP contribution in [0.2, 0.25) is 5.02 Å². The fraction of sp³-hybridized carbons (Fsp3) is 0.667. The molecule has 1 unspecified atom stereocenters. The highest BCUT2D eigenvalue weighted by Crippen LogP contribution is 2.27. The molecule has 8 heteroatoms. The lowest BCUT2D eigenvalue weighted by atomic mass is 10.1. The van der Waals surface area contributed by atoms with Crippen LogP contribution in [-0.4, -0.2) is 81.3 Å². The Hall–Kier alpha value is -0.610. The fourth-order valence-corrected chi connectivity index (χ4v) is 4.07. The number of morpholine rings is 1. The van der Waals surface area contributed by atoms with Gasteiger partial charge < -0.3 is 15.4 Å². The summed E-state index contributed by atoms with van der Waals surface area (Å²) in [4.78, 5) is 9.88. The lowest BCUT2D eigenvalue weighted by Crippen LogP contribution is -2.44. The fourth-order valence-electron chi connectivity index (χ4n) is 3.88. The molecule has 0 radical (unpaired) electrons. The minimum atomic E-state index is 0. The van der Waals surface area contributed by atoms with Gasteiger partial charge in [0.1, 0.15) is 0 Å². The first-order valence-electron chi connectivity index (χ1n) is 10.6. The molecule has 2 N–H and O–H groups in total. The number of guanidine groups is 1. The molecule has 1 aromatic carbocycles. The van der Waals surface area contributed by atoms with Crippen molar-refractivity contribution in [3.63, 3.8) is 0 Å². The molecule has 164 valence electrons. The van der Waals surface area contributed by atoms with Gasteiger partial charge in [-0.05, 0) is 50.6 Å². The molecule has 0 bridgehead atoms. The smallest absolute Gasteiger partial charge is 0.191 e. The van der Waals surface area contributed by atoms with Gasteiger partial charge in [0.15, 0.2) is 5.96 Å². The summed E-state index contributed by atoms with van der Waals surface area (Å²) >= 11 is 6.26. The maximum atomic E-state index is 6.26. The number of likely N-dealkylation sites (tertiary alicyclic amines) is 1. The van der Waals surface area contributed by atoms with Crippen LogP contribution in [0.25, 0.3) is 0 Å². The van der Waals surface area contributed by atoms with Crippen molar-refractivity contribution in [3.8, 4) is 0 Å². The monoisotopic (exact) mass is 535 g/mol. The van der Waals surface area contributed by atoms with Crippen molar-refractivity contribution in [3.05, 3.63) is 34.9 Å². The minimum Gasteiger partial charge on any atom is -0.379 e. The van der Waals surface area contributed by atoms with Gasteiger partial charge in [0, 0.05) is 37.7 Å². The number of hydrogen-bond donors (Lipinski definition) is 2. The molecule has 0 saturated carbocycles. The molecule has 0 aliphatic carbocycles. The molecule has 6 nitrogen and oxygen atoms in total. The zero-order valence-electron chi connectivity index (χ0n) is 17.4. The SMILES string of the molecule is CCNC(=NCC(c1cccc(Cl)c1)N1CCCC1)NCCN1CCOCC1.I. The van der Waals surface area contributed by atoms with Gasteiger partial charge in [-0.3, -0.25) is 14.8 Å². The van der Waals surface area contributed by atoms with Crippen LogP contribution < -0.4 is 10.6 Å². The summed E-state index contributed by atoms with van der Waals surface area (Å²) in [5.41, 5.74) is 1.25. The summed E-state index contributed by atoms with van der Waals surface area (Å²) in [5, 5.41) is 7.66. The summed E-state index contributed by atoms with van der Waals surface area (Å²) in [5.74, 6) is 0.891. The van der Waals surface area contributed by atoms with Gasteiger partial charge in [-0.1, -0.05) is 23.7 Å². The van der Waals surface area contributed by atoms with Crippen molar-refractivity contribution in [2.75, 3.05) is 65.6 Å².